The van der Waals surface area contributed by atoms with Crippen LogP contribution in [0.25, 0.3) is 0 Å². The molecule has 53 valence electrons. The van der Waals surface area contributed by atoms with Gasteiger partial charge in [-0.15, -0.1) is 0 Å². The Hall–Kier alpha value is 0.0900. The molecule has 0 aliphatic heterocycles. The fourth-order valence-corrected chi connectivity index (χ4v) is 1.40. The highest BCUT2D eigenvalue weighted by Crippen LogP contribution is 2.03. The van der Waals surface area contributed by atoms with Gasteiger partial charge in [0, 0.05) is 5.75 Å². The molecule has 0 nitrogen and oxygen atoms in total. The summed E-state index contributed by atoms with van der Waals surface area (Å²) in [5, 5.41) is 0. The van der Waals surface area contributed by atoms with Crippen LogP contribution in [0, 0.1) is 6.92 Å². The number of unbranched alkanes of at least 4 members (excludes halogenated alkanes) is 1. The van der Waals surface area contributed by atoms with Crippen molar-refractivity contribution in [3.8, 4) is 0 Å². The number of rotatable bonds is 5. The molecule has 0 spiro atoms. The first-order valence-electron chi connectivity index (χ1n) is 3.43. The molecular weight excluding hydrogens is 128 g/mol. The van der Waals surface area contributed by atoms with E-state index < -0.39 is 0 Å². The van der Waals surface area contributed by atoms with E-state index >= 15 is 0 Å². The van der Waals surface area contributed by atoms with E-state index in [1.807, 2.05) is 17.8 Å². The summed E-state index contributed by atoms with van der Waals surface area (Å²) in [6, 6.07) is 0. The van der Waals surface area contributed by atoms with Gasteiger partial charge < -0.3 is 0 Å². The molecule has 0 aromatic carbocycles. The summed E-state index contributed by atoms with van der Waals surface area (Å²) in [5.74, 6) is 2.42. The van der Waals surface area contributed by atoms with E-state index in [9.17, 15) is 0 Å². The van der Waals surface area contributed by atoms with Gasteiger partial charge in [-0.3, -0.25) is 0 Å². The molecule has 0 fully saturated rings. The van der Waals surface area contributed by atoms with E-state index in [0.717, 1.165) is 5.75 Å². The van der Waals surface area contributed by atoms with E-state index in [1.54, 1.807) is 0 Å². The monoisotopic (exact) mass is 143 g/mol. The number of thioether (sulfide) groups is 1. The number of hydrogen-bond donors (Lipinski definition) is 0. The molecule has 0 aliphatic carbocycles. The molecule has 0 aromatic rings. The van der Waals surface area contributed by atoms with Crippen LogP contribution in [0.15, 0.2) is 12.2 Å². The smallest absolute Gasteiger partial charge is 0.0113 e. The second-order valence-corrected chi connectivity index (χ2v) is 3.05. The molecule has 9 heavy (non-hydrogen) atoms. The van der Waals surface area contributed by atoms with E-state index in [0.29, 0.717) is 0 Å². The molecule has 0 atom stereocenters. The maximum absolute atomic E-state index is 3.61. The first-order valence-corrected chi connectivity index (χ1v) is 4.59. The van der Waals surface area contributed by atoms with Crippen LogP contribution in [0.4, 0.5) is 0 Å². The topological polar surface area (TPSA) is 0 Å². The van der Waals surface area contributed by atoms with Crippen LogP contribution in [-0.4, -0.2) is 11.5 Å². The lowest BCUT2D eigenvalue weighted by Gasteiger charge is -1.92. The zero-order chi connectivity index (χ0) is 6.95. The summed E-state index contributed by atoms with van der Waals surface area (Å²) >= 11 is 1.98. The molecule has 0 saturated carbocycles. The third-order valence-electron chi connectivity index (χ3n) is 1.02. The van der Waals surface area contributed by atoms with Crippen molar-refractivity contribution in [1.82, 2.24) is 0 Å². The predicted molar refractivity (Wildman–Crippen MR) is 46.7 cm³/mol. The lowest BCUT2D eigenvalue weighted by atomic mass is 10.4. The minimum Gasteiger partial charge on any atom is -0.158 e. The van der Waals surface area contributed by atoms with E-state index in [2.05, 4.69) is 19.9 Å². The van der Waals surface area contributed by atoms with Gasteiger partial charge in [0.2, 0.25) is 0 Å². The normalized spacial score (nSPS) is 10.9. The molecule has 0 amide bonds. The Balaban J connectivity index is 2.75. The third kappa shape index (κ3) is 8.09. The Morgan fingerprint density at radius 1 is 1.56 bits per heavy atom. The second-order valence-electron chi connectivity index (χ2n) is 1.90. The Morgan fingerprint density at radius 3 is 2.89 bits per heavy atom. The molecule has 0 N–H and O–H groups in total. The Labute approximate surface area is 62.7 Å². The Morgan fingerprint density at radius 2 is 2.33 bits per heavy atom. The van der Waals surface area contributed by atoms with Gasteiger partial charge in [-0.05, 0) is 19.1 Å². The lowest BCUT2D eigenvalue weighted by Crippen LogP contribution is -1.77. The zero-order valence-electron chi connectivity index (χ0n) is 6.10. The summed E-state index contributed by atoms with van der Waals surface area (Å²) in [4.78, 5) is 0. The molecule has 1 heteroatoms. The Kier molecular flexibility index (Phi) is 8.17. The van der Waals surface area contributed by atoms with Crippen LogP contribution >= 0.6 is 11.8 Å². The van der Waals surface area contributed by atoms with Gasteiger partial charge in [-0.2, -0.15) is 11.8 Å². The average Bonchev–Trinajstić information content (AvgIpc) is 1.89. The molecule has 0 rings (SSSR count). The van der Waals surface area contributed by atoms with Gasteiger partial charge in [-0.25, -0.2) is 0 Å². The first-order chi connectivity index (χ1) is 4.41. The summed E-state index contributed by atoms with van der Waals surface area (Å²) in [6.45, 7) is 5.83. The van der Waals surface area contributed by atoms with Crippen molar-refractivity contribution in [2.75, 3.05) is 11.5 Å². The molecule has 0 aliphatic rings. The van der Waals surface area contributed by atoms with Crippen LogP contribution in [0.1, 0.15) is 19.8 Å². The van der Waals surface area contributed by atoms with Crippen LogP contribution in [0.3, 0.4) is 0 Å². The van der Waals surface area contributed by atoms with Crippen LogP contribution in [0.5, 0.6) is 0 Å². The summed E-state index contributed by atoms with van der Waals surface area (Å²) in [5.41, 5.74) is 0. The predicted octanol–water partition coefficient (Wildman–Crippen LogP) is 2.91. The molecular formula is C8H15S. The molecule has 0 aromatic heterocycles. The maximum atomic E-state index is 3.61. The standard InChI is InChI=1S/C8H15S/c1-3-5-7-9-8-6-4-2/h3,5H,1,4,6-8H2,2H3. The quantitative estimate of drug-likeness (QED) is 0.533. The summed E-state index contributed by atoms with van der Waals surface area (Å²) in [6.07, 6.45) is 6.61. The van der Waals surface area contributed by atoms with Crippen LogP contribution in [0.2, 0.25) is 0 Å². The molecule has 0 saturated heterocycles. The molecule has 0 bridgehead atoms. The minimum atomic E-state index is 1.13. The number of hydrogen-bond acceptors (Lipinski definition) is 1. The number of allylic oxidation sites excluding steroid dienone is 1. The van der Waals surface area contributed by atoms with Crippen molar-refractivity contribution < 1.29 is 0 Å². The average molecular weight is 143 g/mol. The van der Waals surface area contributed by atoms with Gasteiger partial charge in [-0.1, -0.05) is 25.5 Å². The largest absolute Gasteiger partial charge is 0.158 e. The van der Waals surface area contributed by atoms with Gasteiger partial charge in [0.15, 0.2) is 0 Å². The van der Waals surface area contributed by atoms with E-state index in [4.69, 9.17) is 0 Å². The highest BCUT2D eigenvalue weighted by atomic mass is 32.2. The fourth-order valence-electron chi connectivity index (χ4n) is 0.466. The third-order valence-corrected chi connectivity index (χ3v) is 2.03. The highest BCUT2D eigenvalue weighted by Gasteiger charge is 1.82. The summed E-state index contributed by atoms with van der Waals surface area (Å²) in [7, 11) is 0. The van der Waals surface area contributed by atoms with Crippen molar-refractivity contribution in [2.45, 2.75) is 19.8 Å². The van der Waals surface area contributed by atoms with Crippen molar-refractivity contribution in [3.63, 3.8) is 0 Å². The molecule has 1 radical (unpaired) electrons. The second kappa shape index (κ2) is 8.09. The maximum Gasteiger partial charge on any atom is 0.0113 e. The minimum absolute atomic E-state index is 1.13. The highest BCUT2D eigenvalue weighted by molar-refractivity contribution is 7.99. The lowest BCUT2D eigenvalue weighted by molar-refractivity contribution is 0.897. The van der Waals surface area contributed by atoms with Crippen molar-refractivity contribution in [1.29, 1.82) is 0 Å². The van der Waals surface area contributed by atoms with Gasteiger partial charge in [0.25, 0.3) is 0 Å². The van der Waals surface area contributed by atoms with Crippen molar-refractivity contribution in [3.05, 3.63) is 19.1 Å². The van der Waals surface area contributed by atoms with Crippen molar-refractivity contribution in [2.24, 2.45) is 0 Å². The molecule has 0 unspecified atom stereocenters. The zero-order valence-corrected chi connectivity index (χ0v) is 6.91. The van der Waals surface area contributed by atoms with Crippen LogP contribution < -0.4 is 0 Å². The van der Waals surface area contributed by atoms with E-state index in [-0.39, 0.29) is 0 Å². The molecule has 0 heterocycles. The van der Waals surface area contributed by atoms with E-state index in [1.165, 1.54) is 18.6 Å². The first kappa shape index (κ1) is 9.09. The van der Waals surface area contributed by atoms with Gasteiger partial charge in [0.05, 0.1) is 0 Å². The van der Waals surface area contributed by atoms with Gasteiger partial charge >= 0.3 is 0 Å². The fraction of sp³-hybridized carbons (Fsp3) is 0.625. The van der Waals surface area contributed by atoms with Crippen LogP contribution in [-0.2, 0) is 0 Å². The van der Waals surface area contributed by atoms with Gasteiger partial charge in [0.1, 0.15) is 0 Å². The van der Waals surface area contributed by atoms with Crippen molar-refractivity contribution >= 4 is 11.8 Å². The Bertz CT molecular complexity index is 67.0. The summed E-state index contributed by atoms with van der Waals surface area (Å²) < 4.78 is 0. The SMILES string of the molecule is [CH2]C=CCSCCCC.